The summed E-state index contributed by atoms with van der Waals surface area (Å²) in [6.07, 6.45) is 0.498. The molecule has 0 spiro atoms. The second-order valence-electron chi connectivity index (χ2n) is 6.51. The van der Waals surface area contributed by atoms with Gasteiger partial charge in [0.15, 0.2) is 0 Å². The highest BCUT2D eigenvalue weighted by Crippen LogP contribution is 2.38. The number of halogens is 1. The van der Waals surface area contributed by atoms with E-state index < -0.39 is 11.4 Å². The van der Waals surface area contributed by atoms with Gasteiger partial charge >= 0.3 is 5.97 Å². The summed E-state index contributed by atoms with van der Waals surface area (Å²) < 4.78 is 0.941. The number of carboxylic acid groups (broad SMARTS) is 1. The lowest BCUT2D eigenvalue weighted by atomic mass is 9.76. The number of aromatic nitrogens is 1. The fraction of sp³-hybridized carbons (Fsp3) is 0.412. The molecule has 1 aromatic heterocycles. The molecule has 5 nitrogen and oxygen atoms in total. The van der Waals surface area contributed by atoms with Crippen molar-refractivity contribution in [1.82, 2.24) is 9.88 Å². The number of aromatic amines is 1. The van der Waals surface area contributed by atoms with Crippen molar-refractivity contribution in [2.45, 2.75) is 20.3 Å². The number of carbonyl (C=O) groups is 2. The van der Waals surface area contributed by atoms with Crippen molar-refractivity contribution in [2.24, 2.45) is 11.3 Å². The Labute approximate surface area is 142 Å². The Morgan fingerprint density at radius 1 is 1.35 bits per heavy atom. The molecule has 1 saturated heterocycles. The molecule has 23 heavy (non-hydrogen) atoms. The largest absolute Gasteiger partial charge is 0.481 e. The van der Waals surface area contributed by atoms with Gasteiger partial charge in [0.05, 0.1) is 5.41 Å². The number of rotatable bonds is 3. The van der Waals surface area contributed by atoms with Crippen LogP contribution in [0.3, 0.4) is 0 Å². The number of likely N-dealkylation sites (tertiary alicyclic amines) is 1. The van der Waals surface area contributed by atoms with Crippen LogP contribution in [0.15, 0.2) is 28.7 Å². The average molecular weight is 379 g/mol. The third kappa shape index (κ3) is 2.65. The molecule has 0 bridgehead atoms. The van der Waals surface area contributed by atoms with Gasteiger partial charge in [-0.15, -0.1) is 0 Å². The lowest BCUT2D eigenvalue weighted by Crippen LogP contribution is -2.40. The number of carboxylic acids is 1. The summed E-state index contributed by atoms with van der Waals surface area (Å²) in [6.45, 7) is 4.55. The van der Waals surface area contributed by atoms with Gasteiger partial charge in [-0.1, -0.05) is 35.8 Å². The number of amides is 1. The molecule has 1 aromatic carbocycles. The number of aliphatic carboxylic acids is 1. The monoisotopic (exact) mass is 378 g/mol. The first-order valence-electron chi connectivity index (χ1n) is 7.64. The summed E-state index contributed by atoms with van der Waals surface area (Å²) in [4.78, 5) is 29.2. The molecule has 0 radical (unpaired) electrons. The van der Waals surface area contributed by atoms with Gasteiger partial charge in [-0.3, -0.25) is 9.59 Å². The van der Waals surface area contributed by atoms with Crippen LogP contribution in [0.2, 0.25) is 0 Å². The molecule has 1 unspecified atom stereocenters. The second-order valence-corrected chi connectivity index (χ2v) is 7.42. The van der Waals surface area contributed by atoms with Crippen LogP contribution in [0.4, 0.5) is 0 Å². The van der Waals surface area contributed by atoms with E-state index in [9.17, 15) is 14.7 Å². The Bertz CT molecular complexity index is 783. The van der Waals surface area contributed by atoms with Gasteiger partial charge in [-0.05, 0) is 30.5 Å². The Kier molecular flexibility index (Phi) is 3.96. The maximum absolute atomic E-state index is 12.7. The van der Waals surface area contributed by atoms with E-state index in [0.717, 1.165) is 15.4 Å². The van der Waals surface area contributed by atoms with E-state index in [1.165, 1.54) is 0 Å². The first-order valence-corrected chi connectivity index (χ1v) is 8.44. The first kappa shape index (κ1) is 16.1. The molecule has 0 aliphatic carbocycles. The molecule has 2 aromatic rings. The fourth-order valence-corrected chi connectivity index (χ4v) is 3.65. The smallest absolute Gasteiger partial charge is 0.311 e. The molecule has 1 fully saturated rings. The van der Waals surface area contributed by atoms with Crippen molar-refractivity contribution in [3.8, 4) is 0 Å². The summed E-state index contributed by atoms with van der Waals surface area (Å²) >= 11 is 3.41. The Balaban J connectivity index is 1.87. The Morgan fingerprint density at radius 3 is 2.70 bits per heavy atom. The topological polar surface area (TPSA) is 73.4 Å². The lowest BCUT2D eigenvalue weighted by Gasteiger charge is -2.28. The summed E-state index contributed by atoms with van der Waals surface area (Å²) in [5.74, 6) is -0.971. The lowest BCUT2D eigenvalue weighted by molar-refractivity contribution is -0.150. The molecule has 3 rings (SSSR count). The number of carbonyl (C=O) groups excluding carboxylic acids is 1. The molecular formula is C17H19BrN2O3. The van der Waals surface area contributed by atoms with Crippen molar-refractivity contribution in [2.75, 3.05) is 13.1 Å². The molecule has 2 heterocycles. The fourth-order valence-electron chi connectivity index (χ4n) is 3.28. The van der Waals surface area contributed by atoms with E-state index in [0.29, 0.717) is 18.7 Å². The van der Waals surface area contributed by atoms with Crippen LogP contribution in [0, 0.1) is 11.3 Å². The summed E-state index contributed by atoms with van der Waals surface area (Å²) in [7, 11) is 0. The Hall–Kier alpha value is -1.82. The van der Waals surface area contributed by atoms with Crippen molar-refractivity contribution in [1.29, 1.82) is 0 Å². The van der Waals surface area contributed by atoms with Crippen LogP contribution < -0.4 is 0 Å². The SMILES string of the molecule is CC(C)C1(C(=O)O)CCN(C(=O)c2cc3ccc(Br)cc3[nH]2)C1. The van der Waals surface area contributed by atoms with Gasteiger partial charge in [-0.2, -0.15) is 0 Å². The molecule has 2 N–H and O–H groups in total. The van der Waals surface area contributed by atoms with E-state index in [2.05, 4.69) is 20.9 Å². The molecule has 1 amide bonds. The molecule has 0 saturated carbocycles. The standard InChI is InChI=1S/C17H19BrN2O3/c1-10(2)17(16(22)23)5-6-20(9-17)15(21)14-7-11-3-4-12(18)8-13(11)19-14/h3-4,7-8,10,19H,5-6,9H2,1-2H3,(H,22,23). The minimum atomic E-state index is -0.843. The van der Waals surface area contributed by atoms with E-state index in [1.54, 1.807) is 4.90 Å². The molecule has 1 aliphatic rings. The van der Waals surface area contributed by atoms with E-state index >= 15 is 0 Å². The van der Waals surface area contributed by atoms with Crippen molar-refractivity contribution < 1.29 is 14.7 Å². The first-order chi connectivity index (χ1) is 10.8. The van der Waals surface area contributed by atoms with E-state index in [1.807, 2.05) is 38.1 Å². The number of H-pyrrole nitrogens is 1. The number of hydrogen-bond donors (Lipinski definition) is 2. The summed E-state index contributed by atoms with van der Waals surface area (Å²) in [6, 6.07) is 7.60. The van der Waals surface area contributed by atoms with E-state index in [-0.39, 0.29) is 18.4 Å². The zero-order valence-corrected chi connectivity index (χ0v) is 14.7. The van der Waals surface area contributed by atoms with Gasteiger partial charge in [0.25, 0.3) is 5.91 Å². The van der Waals surface area contributed by atoms with Crippen LogP contribution in [-0.2, 0) is 4.79 Å². The quantitative estimate of drug-likeness (QED) is 0.857. The maximum Gasteiger partial charge on any atom is 0.311 e. The number of nitrogens with one attached hydrogen (secondary N) is 1. The van der Waals surface area contributed by atoms with Gasteiger partial charge in [0.2, 0.25) is 0 Å². The van der Waals surface area contributed by atoms with Crippen LogP contribution in [0.25, 0.3) is 10.9 Å². The van der Waals surface area contributed by atoms with Gasteiger partial charge in [0.1, 0.15) is 5.69 Å². The molecular weight excluding hydrogens is 360 g/mol. The Morgan fingerprint density at radius 2 is 2.09 bits per heavy atom. The van der Waals surface area contributed by atoms with E-state index in [4.69, 9.17) is 0 Å². The highest BCUT2D eigenvalue weighted by Gasteiger charge is 2.48. The predicted octanol–water partition coefficient (Wildman–Crippen LogP) is 3.50. The number of nitrogens with zero attached hydrogens (tertiary/aromatic N) is 1. The second kappa shape index (κ2) is 5.67. The molecule has 122 valence electrons. The molecule has 6 heteroatoms. The van der Waals surface area contributed by atoms with Crippen molar-refractivity contribution >= 4 is 38.7 Å². The van der Waals surface area contributed by atoms with Gasteiger partial charge in [0, 0.05) is 28.5 Å². The minimum Gasteiger partial charge on any atom is -0.481 e. The molecule has 1 atom stereocenters. The zero-order valence-electron chi connectivity index (χ0n) is 13.1. The third-order valence-electron chi connectivity index (χ3n) is 4.93. The number of fused-ring (bicyclic) bond motifs is 1. The third-order valence-corrected chi connectivity index (χ3v) is 5.43. The van der Waals surface area contributed by atoms with Crippen molar-refractivity contribution in [3.63, 3.8) is 0 Å². The number of hydrogen-bond acceptors (Lipinski definition) is 2. The average Bonchev–Trinajstić information content (AvgIpc) is 3.10. The predicted molar refractivity (Wildman–Crippen MR) is 91.4 cm³/mol. The molecule has 1 aliphatic heterocycles. The van der Waals surface area contributed by atoms with Crippen LogP contribution >= 0.6 is 15.9 Å². The normalized spacial score (nSPS) is 21.3. The van der Waals surface area contributed by atoms with Crippen LogP contribution in [0.5, 0.6) is 0 Å². The maximum atomic E-state index is 12.7. The highest BCUT2D eigenvalue weighted by atomic mass is 79.9. The summed E-state index contributed by atoms with van der Waals surface area (Å²) in [5, 5.41) is 10.6. The van der Waals surface area contributed by atoms with Gasteiger partial charge < -0.3 is 15.0 Å². The van der Waals surface area contributed by atoms with Gasteiger partial charge in [-0.25, -0.2) is 0 Å². The van der Waals surface area contributed by atoms with Crippen LogP contribution in [0.1, 0.15) is 30.8 Å². The van der Waals surface area contributed by atoms with Crippen LogP contribution in [-0.4, -0.2) is 40.0 Å². The minimum absolute atomic E-state index is 0.0172. The highest BCUT2D eigenvalue weighted by molar-refractivity contribution is 9.10. The zero-order chi connectivity index (χ0) is 16.8. The number of benzene rings is 1. The van der Waals surface area contributed by atoms with Crippen molar-refractivity contribution in [3.05, 3.63) is 34.4 Å². The summed E-state index contributed by atoms with van der Waals surface area (Å²) in [5.41, 5.74) is 0.545.